The number of aromatic nitrogens is 2. The number of nitrogens with one attached hydrogen (secondary N) is 1. The van der Waals surface area contributed by atoms with Crippen LogP contribution in [0.1, 0.15) is 24.9 Å². The predicted molar refractivity (Wildman–Crippen MR) is 70.7 cm³/mol. The molecule has 2 rings (SSSR count). The van der Waals surface area contributed by atoms with E-state index in [1.165, 1.54) is 12.1 Å². The Kier molecular flexibility index (Phi) is 3.77. The lowest BCUT2D eigenvalue weighted by Crippen LogP contribution is -2.15. The summed E-state index contributed by atoms with van der Waals surface area (Å²) >= 11 is 0. The molecule has 0 radical (unpaired) electrons. The van der Waals surface area contributed by atoms with E-state index < -0.39 is 0 Å². The number of aromatic amines is 1. The molecule has 0 bridgehead atoms. The van der Waals surface area contributed by atoms with E-state index in [1.54, 1.807) is 12.1 Å². The molecule has 0 amide bonds. The van der Waals surface area contributed by atoms with Crippen LogP contribution in [0.25, 0.3) is 11.3 Å². The Labute approximate surface area is 106 Å². The van der Waals surface area contributed by atoms with Gasteiger partial charge in [-0.1, -0.05) is 0 Å². The summed E-state index contributed by atoms with van der Waals surface area (Å²) in [5.74, 6) is 0.702. The molecule has 0 spiro atoms. The number of hydrogen-bond donors (Lipinski definition) is 2. The molecular formula is C14H18FN3. The largest absolute Gasteiger partial charge is 0.346 e. The summed E-state index contributed by atoms with van der Waals surface area (Å²) in [4.78, 5) is 7.80. The van der Waals surface area contributed by atoms with E-state index >= 15 is 0 Å². The summed E-state index contributed by atoms with van der Waals surface area (Å²) in [5.41, 5.74) is 8.54. The molecule has 4 heteroatoms. The van der Waals surface area contributed by atoms with E-state index in [9.17, 15) is 4.39 Å². The minimum Gasteiger partial charge on any atom is -0.346 e. The average Bonchev–Trinajstić information content (AvgIpc) is 2.69. The van der Waals surface area contributed by atoms with Crippen molar-refractivity contribution in [2.75, 3.05) is 0 Å². The monoisotopic (exact) mass is 247 g/mol. The van der Waals surface area contributed by atoms with Gasteiger partial charge in [-0.2, -0.15) is 0 Å². The lowest BCUT2D eigenvalue weighted by molar-refractivity contribution is 0.628. The van der Waals surface area contributed by atoms with Crippen LogP contribution in [0.3, 0.4) is 0 Å². The fourth-order valence-corrected chi connectivity index (χ4v) is 1.89. The molecule has 0 aliphatic rings. The van der Waals surface area contributed by atoms with E-state index in [2.05, 4.69) is 9.97 Å². The number of halogens is 1. The van der Waals surface area contributed by atoms with Crippen LogP contribution in [0, 0.1) is 12.7 Å². The Balaban J connectivity index is 2.21. The zero-order valence-electron chi connectivity index (χ0n) is 10.7. The molecule has 0 saturated heterocycles. The first-order valence-corrected chi connectivity index (χ1v) is 6.13. The van der Waals surface area contributed by atoms with Crippen molar-refractivity contribution < 1.29 is 4.39 Å². The number of nitrogens with zero attached hydrogens (tertiary/aromatic N) is 1. The fraction of sp³-hybridized carbons (Fsp3) is 0.357. The summed E-state index contributed by atoms with van der Waals surface area (Å²) in [5, 5.41) is 0. The predicted octanol–water partition coefficient (Wildman–Crippen LogP) is 2.80. The minimum absolute atomic E-state index is 0.171. The topological polar surface area (TPSA) is 54.7 Å². The van der Waals surface area contributed by atoms with Crippen LogP contribution < -0.4 is 5.73 Å². The minimum atomic E-state index is -0.232. The van der Waals surface area contributed by atoms with Gasteiger partial charge in [-0.3, -0.25) is 0 Å². The van der Waals surface area contributed by atoms with Gasteiger partial charge in [0.05, 0.1) is 5.69 Å². The number of H-pyrrole nitrogens is 1. The van der Waals surface area contributed by atoms with Gasteiger partial charge in [0.15, 0.2) is 0 Å². The second kappa shape index (κ2) is 5.31. The van der Waals surface area contributed by atoms with Gasteiger partial charge in [-0.15, -0.1) is 0 Å². The summed E-state index contributed by atoms with van der Waals surface area (Å²) < 4.78 is 12.9. The van der Waals surface area contributed by atoms with Crippen molar-refractivity contribution in [2.24, 2.45) is 5.73 Å². The molecule has 0 saturated carbocycles. The Morgan fingerprint density at radius 2 is 2.00 bits per heavy atom. The molecule has 96 valence electrons. The quantitative estimate of drug-likeness (QED) is 0.872. The van der Waals surface area contributed by atoms with Crippen LogP contribution in [0.5, 0.6) is 0 Å². The average molecular weight is 247 g/mol. The number of benzene rings is 1. The molecule has 0 aliphatic carbocycles. The highest BCUT2D eigenvalue weighted by atomic mass is 19.1. The smallest absolute Gasteiger partial charge is 0.123 e. The fourth-order valence-electron chi connectivity index (χ4n) is 1.89. The molecule has 1 atom stereocenters. The summed E-state index contributed by atoms with van der Waals surface area (Å²) in [6.45, 7) is 3.96. The second-order valence-electron chi connectivity index (χ2n) is 4.68. The first kappa shape index (κ1) is 12.8. The van der Waals surface area contributed by atoms with Crippen molar-refractivity contribution in [3.05, 3.63) is 41.6 Å². The van der Waals surface area contributed by atoms with Crippen molar-refractivity contribution in [1.29, 1.82) is 0 Å². The van der Waals surface area contributed by atoms with Gasteiger partial charge < -0.3 is 10.7 Å². The molecule has 3 nitrogen and oxygen atoms in total. The van der Waals surface area contributed by atoms with Crippen molar-refractivity contribution in [2.45, 2.75) is 32.7 Å². The molecule has 2 aromatic rings. The van der Waals surface area contributed by atoms with Gasteiger partial charge >= 0.3 is 0 Å². The van der Waals surface area contributed by atoms with E-state index in [0.717, 1.165) is 35.6 Å². The maximum Gasteiger partial charge on any atom is 0.123 e. The van der Waals surface area contributed by atoms with Gasteiger partial charge in [0.25, 0.3) is 0 Å². The van der Waals surface area contributed by atoms with Gasteiger partial charge in [0.1, 0.15) is 11.6 Å². The van der Waals surface area contributed by atoms with Crippen molar-refractivity contribution in [3.8, 4) is 11.3 Å². The first-order chi connectivity index (χ1) is 8.56. The Bertz CT molecular complexity index is 514. The van der Waals surface area contributed by atoms with Crippen molar-refractivity contribution >= 4 is 0 Å². The molecule has 18 heavy (non-hydrogen) atoms. The third kappa shape index (κ3) is 2.96. The SMILES string of the molecule is Cc1[nH]c(CCC(C)N)nc1-c1ccc(F)cc1. The van der Waals surface area contributed by atoms with Gasteiger partial charge in [0, 0.05) is 23.7 Å². The second-order valence-corrected chi connectivity index (χ2v) is 4.68. The van der Waals surface area contributed by atoms with E-state index in [1.807, 2.05) is 13.8 Å². The van der Waals surface area contributed by atoms with Crippen LogP contribution >= 0.6 is 0 Å². The summed E-state index contributed by atoms with van der Waals surface area (Å²) in [7, 11) is 0. The zero-order valence-corrected chi connectivity index (χ0v) is 10.7. The third-order valence-electron chi connectivity index (χ3n) is 2.89. The number of rotatable bonds is 4. The highest BCUT2D eigenvalue weighted by Gasteiger charge is 2.09. The lowest BCUT2D eigenvalue weighted by atomic mass is 10.1. The van der Waals surface area contributed by atoms with Gasteiger partial charge in [-0.25, -0.2) is 9.37 Å². The van der Waals surface area contributed by atoms with Gasteiger partial charge in [-0.05, 0) is 44.5 Å². The number of imidazole rings is 1. The Hall–Kier alpha value is -1.68. The van der Waals surface area contributed by atoms with Crippen molar-refractivity contribution in [3.63, 3.8) is 0 Å². The zero-order chi connectivity index (χ0) is 13.1. The van der Waals surface area contributed by atoms with Crippen LogP contribution in [0.2, 0.25) is 0 Å². The molecule has 1 aromatic carbocycles. The Morgan fingerprint density at radius 3 is 2.61 bits per heavy atom. The number of aryl methyl sites for hydroxylation is 2. The number of nitrogens with two attached hydrogens (primary N) is 1. The third-order valence-corrected chi connectivity index (χ3v) is 2.89. The maximum atomic E-state index is 12.9. The normalized spacial score (nSPS) is 12.7. The van der Waals surface area contributed by atoms with Crippen LogP contribution in [0.4, 0.5) is 4.39 Å². The van der Waals surface area contributed by atoms with E-state index in [4.69, 9.17) is 5.73 Å². The molecule has 0 aliphatic heterocycles. The van der Waals surface area contributed by atoms with Crippen LogP contribution in [-0.4, -0.2) is 16.0 Å². The molecule has 1 unspecified atom stereocenters. The molecule has 3 N–H and O–H groups in total. The highest BCUT2D eigenvalue weighted by molar-refractivity contribution is 5.61. The first-order valence-electron chi connectivity index (χ1n) is 6.13. The molecule has 1 aromatic heterocycles. The molecule has 0 fully saturated rings. The van der Waals surface area contributed by atoms with E-state index in [0.29, 0.717) is 0 Å². The summed E-state index contributed by atoms with van der Waals surface area (Å²) in [6.07, 6.45) is 1.73. The van der Waals surface area contributed by atoms with Crippen LogP contribution in [0.15, 0.2) is 24.3 Å². The van der Waals surface area contributed by atoms with Crippen molar-refractivity contribution in [1.82, 2.24) is 9.97 Å². The Morgan fingerprint density at radius 1 is 1.33 bits per heavy atom. The standard InChI is InChI=1S/C14H18FN3/c1-9(16)3-8-13-17-10(2)14(18-13)11-4-6-12(15)7-5-11/h4-7,9H,3,8,16H2,1-2H3,(H,17,18). The lowest BCUT2D eigenvalue weighted by Gasteiger charge is -2.01. The highest BCUT2D eigenvalue weighted by Crippen LogP contribution is 2.21. The molecular weight excluding hydrogens is 229 g/mol. The maximum absolute atomic E-state index is 12.9. The molecule has 1 heterocycles. The van der Waals surface area contributed by atoms with Gasteiger partial charge in [0.2, 0.25) is 0 Å². The number of hydrogen-bond acceptors (Lipinski definition) is 2. The van der Waals surface area contributed by atoms with E-state index in [-0.39, 0.29) is 11.9 Å². The summed E-state index contributed by atoms with van der Waals surface area (Å²) in [6, 6.07) is 6.56. The van der Waals surface area contributed by atoms with Crippen LogP contribution in [-0.2, 0) is 6.42 Å².